The van der Waals surface area contributed by atoms with E-state index in [1.807, 2.05) is 24.3 Å². The minimum atomic E-state index is 0.215. The number of hydrogen-bond acceptors (Lipinski definition) is 3. The SMILES string of the molecule is OC1=CN=CN(C#Cc2ccc(Br)cc2)C1. The molecule has 1 aliphatic heterocycles. The molecule has 0 spiro atoms. The molecule has 0 aliphatic carbocycles. The highest BCUT2D eigenvalue weighted by molar-refractivity contribution is 9.10. The number of rotatable bonds is 0. The molecule has 0 unspecified atom stereocenters. The molecule has 16 heavy (non-hydrogen) atoms. The molecule has 1 aromatic carbocycles. The van der Waals surface area contributed by atoms with Crippen molar-refractivity contribution in [2.24, 2.45) is 4.99 Å². The Morgan fingerprint density at radius 1 is 1.31 bits per heavy atom. The number of aliphatic hydroxyl groups excluding tert-OH is 1. The first-order chi connectivity index (χ1) is 7.74. The lowest BCUT2D eigenvalue weighted by atomic mass is 10.2. The highest BCUT2D eigenvalue weighted by Gasteiger charge is 2.03. The van der Waals surface area contributed by atoms with Crippen molar-refractivity contribution >= 4 is 22.3 Å². The molecule has 0 fully saturated rings. The summed E-state index contributed by atoms with van der Waals surface area (Å²) in [5, 5.41) is 9.24. The number of aliphatic imine (C=N–C) groups is 1. The zero-order valence-corrected chi connectivity index (χ0v) is 9.98. The van der Waals surface area contributed by atoms with Crippen LogP contribution >= 0.6 is 15.9 Å². The summed E-state index contributed by atoms with van der Waals surface area (Å²) in [6.45, 7) is 0.382. The lowest BCUT2D eigenvalue weighted by Crippen LogP contribution is -2.21. The minimum absolute atomic E-state index is 0.215. The van der Waals surface area contributed by atoms with E-state index in [9.17, 15) is 5.11 Å². The predicted molar refractivity (Wildman–Crippen MR) is 66.9 cm³/mol. The van der Waals surface area contributed by atoms with Crippen molar-refractivity contribution < 1.29 is 5.11 Å². The van der Waals surface area contributed by atoms with Crippen LogP contribution in [0.1, 0.15) is 5.56 Å². The van der Waals surface area contributed by atoms with Crippen LogP contribution in [0, 0.1) is 12.0 Å². The summed E-state index contributed by atoms with van der Waals surface area (Å²) in [7, 11) is 0. The number of nitrogens with zero attached hydrogens (tertiary/aromatic N) is 2. The topological polar surface area (TPSA) is 35.8 Å². The normalized spacial score (nSPS) is 14.1. The fraction of sp³-hybridized carbons (Fsp3) is 0.0833. The van der Waals surface area contributed by atoms with Crippen LogP contribution in [0.2, 0.25) is 0 Å². The molecule has 4 heteroatoms. The van der Waals surface area contributed by atoms with Gasteiger partial charge in [0.15, 0.2) is 0 Å². The second kappa shape index (κ2) is 4.86. The molecule has 2 rings (SSSR count). The first kappa shape index (κ1) is 10.8. The Bertz CT molecular complexity index is 494. The molecule has 0 bridgehead atoms. The predicted octanol–water partition coefficient (Wildman–Crippen LogP) is 2.50. The van der Waals surface area contributed by atoms with Gasteiger partial charge in [-0.15, -0.1) is 0 Å². The number of benzene rings is 1. The third kappa shape index (κ3) is 2.88. The summed E-state index contributed by atoms with van der Waals surface area (Å²) in [4.78, 5) is 5.48. The molecule has 0 saturated carbocycles. The van der Waals surface area contributed by atoms with E-state index in [1.54, 1.807) is 11.2 Å². The van der Waals surface area contributed by atoms with Gasteiger partial charge in [0.1, 0.15) is 12.1 Å². The third-order valence-electron chi connectivity index (χ3n) is 1.95. The molecule has 0 radical (unpaired) electrons. The Balaban J connectivity index is 2.08. The van der Waals surface area contributed by atoms with Gasteiger partial charge in [-0.05, 0) is 30.2 Å². The zero-order valence-electron chi connectivity index (χ0n) is 8.39. The summed E-state index contributed by atoms with van der Waals surface area (Å²) in [6.07, 6.45) is 3.00. The molecule has 1 aliphatic rings. The molecule has 1 heterocycles. The van der Waals surface area contributed by atoms with Crippen LogP contribution in [0.15, 0.2) is 45.7 Å². The van der Waals surface area contributed by atoms with E-state index in [1.165, 1.54) is 6.20 Å². The first-order valence-electron chi connectivity index (χ1n) is 4.69. The van der Waals surface area contributed by atoms with Gasteiger partial charge in [0.2, 0.25) is 0 Å². The molecular weight excluding hydrogens is 268 g/mol. The Labute approximate surface area is 102 Å². The summed E-state index contributed by atoms with van der Waals surface area (Å²) in [5.74, 6) is 3.20. The van der Waals surface area contributed by atoms with E-state index in [-0.39, 0.29) is 5.76 Å². The second-order valence-corrected chi connectivity index (χ2v) is 4.17. The lowest BCUT2D eigenvalue weighted by molar-refractivity contribution is 0.365. The van der Waals surface area contributed by atoms with E-state index >= 15 is 0 Å². The maximum Gasteiger partial charge on any atom is 0.131 e. The average Bonchev–Trinajstić information content (AvgIpc) is 2.28. The molecule has 0 atom stereocenters. The maximum absolute atomic E-state index is 9.24. The van der Waals surface area contributed by atoms with Crippen molar-refractivity contribution in [3.05, 3.63) is 46.3 Å². The van der Waals surface area contributed by atoms with Crippen LogP contribution < -0.4 is 0 Å². The van der Waals surface area contributed by atoms with Crippen LogP contribution in [-0.2, 0) is 0 Å². The molecule has 3 nitrogen and oxygen atoms in total. The van der Waals surface area contributed by atoms with E-state index in [0.29, 0.717) is 6.54 Å². The molecule has 0 amide bonds. The number of hydrogen-bond donors (Lipinski definition) is 1. The highest BCUT2D eigenvalue weighted by atomic mass is 79.9. The fourth-order valence-electron chi connectivity index (χ4n) is 1.19. The van der Waals surface area contributed by atoms with Crippen LogP contribution in [0.4, 0.5) is 0 Å². The van der Waals surface area contributed by atoms with Gasteiger partial charge >= 0.3 is 0 Å². The van der Waals surface area contributed by atoms with Gasteiger partial charge in [-0.3, -0.25) is 4.90 Å². The monoisotopic (exact) mass is 276 g/mol. The van der Waals surface area contributed by atoms with Crippen LogP contribution in [0.25, 0.3) is 0 Å². The van der Waals surface area contributed by atoms with Crippen molar-refractivity contribution in [2.45, 2.75) is 0 Å². The van der Waals surface area contributed by atoms with Crippen LogP contribution in [0.5, 0.6) is 0 Å². The maximum atomic E-state index is 9.24. The second-order valence-electron chi connectivity index (χ2n) is 3.26. The average molecular weight is 277 g/mol. The van der Waals surface area contributed by atoms with Crippen molar-refractivity contribution in [3.8, 4) is 12.0 Å². The van der Waals surface area contributed by atoms with E-state index in [0.717, 1.165) is 10.0 Å². The van der Waals surface area contributed by atoms with Crippen LogP contribution in [-0.4, -0.2) is 22.9 Å². The highest BCUT2D eigenvalue weighted by Crippen LogP contribution is 2.09. The van der Waals surface area contributed by atoms with E-state index in [2.05, 4.69) is 32.9 Å². The molecule has 1 aromatic rings. The first-order valence-corrected chi connectivity index (χ1v) is 5.48. The molecule has 0 aromatic heterocycles. The summed E-state index contributed by atoms with van der Waals surface area (Å²) >= 11 is 3.36. The van der Waals surface area contributed by atoms with Crippen molar-refractivity contribution in [2.75, 3.05) is 6.54 Å². The Morgan fingerprint density at radius 3 is 2.75 bits per heavy atom. The Kier molecular flexibility index (Phi) is 3.28. The molecule has 0 saturated heterocycles. The van der Waals surface area contributed by atoms with Gasteiger partial charge in [0.05, 0.1) is 12.7 Å². The molecule has 80 valence electrons. The van der Waals surface area contributed by atoms with Crippen LogP contribution in [0.3, 0.4) is 0 Å². The quantitative estimate of drug-likeness (QED) is 0.739. The minimum Gasteiger partial charge on any atom is -0.509 e. The summed E-state index contributed by atoms with van der Waals surface area (Å²) in [6, 6.07) is 10.6. The smallest absolute Gasteiger partial charge is 0.131 e. The van der Waals surface area contributed by atoms with E-state index in [4.69, 9.17) is 0 Å². The fourth-order valence-corrected chi connectivity index (χ4v) is 1.46. The van der Waals surface area contributed by atoms with Gasteiger partial charge in [-0.1, -0.05) is 15.9 Å². The standard InChI is InChI=1S/C12H9BrN2O/c13-11-3-1-10(2-4-11)5-6-15-8-12(16)7-14-9-15/h1-4,7,9,16H,8H2. The molecular formula is C12H9BrN2O. The van der Waals surface area contributed by atoms with Gasteiger partial charge in [-0.25, -0.2) is 4.99 Å². The number of aliphatic hydroxyl groups is 1. The van der Waals surface area contributed by atoms with Crippen molar-refractivity contribution in [1.29, 1.82) is 0 Å². The largest absolute Gasteiger partial charge is 0.509 e. The van der Waals surface area contributed by atoms with Gasteiger partial charge < -0.3 is 5.11 Å². The lowest BCUT2D eigenvalue weighted by Gasteiger charge is -2.12. The Hall–Kier alpha value is -1.73. The Morgan fingerprint density at radius 2 is 2.06 bits per heavy atom. The summed E-state index contributed by atoms with van der Waals surface area (Å²) in [5.41, 5.74) is 0.922. The van der Waals surface area contributed by atoms with Crippen molar-refractivity contribution in [1.82, 2.24) is 4.90 Å². The molecule has 1 N–H and O–H groups in total. The number of halogens is 1. The van der Waals surface area contributed by atoms with E-state index < -0.39 is 0 Å². The van der Waals surface area contributed by atoms with Gasteiger partial charge in [-0.2, -0.15) is 0 Å². The van der Waals surface area contributed by atoms with Gasteiger partial charge in [0, 0.05) is 16.1 Å². The van der Waals surface area contributed by atoms with Crippen molar-refractivity contribution in [3.63, 3.8) is 0 Å². The third-order valence-corrected chi connectivity index (χ3v) is 2.48. The zero-order chi connectivity index (χ0) is 11.4. The summed E-state index contributed by atoms with van der Waals surface area (Å²) < 4.78 is 1.03. The van der Waals surface area contributed by atoms with Gasteiger partial charge in [0.25, 0.3) is 0 Å².